The maximum atomic E-state index is 12.5. The van der Waals surface area contributed by atoms with Crippen LogP contribution in [0.25, 0.3) is 11.3 Å². The molecule has 1 aliphatic rings. The van der Waals surface area contributed by atoms with E-state index in [0.717, 1.165) is 16.4 Å². The Balaban J connectivity index is 1.62. The van der Waals surface area contributed by atoms with Crippen LogP contribution in [0.1, 0.15) is 25.3 Å². The molecule has 7 heteroatoms. The Hall–Kier alpha value is -1.60. The lowest BCUT2D eigenvalue weighted by Crippen LogP contribution is -2.49. The first-order valence-corrected chi connectivity index (χ1v) is 9.30. The summed E-state index contributed by atoms with van der Waals surface area (Å²) in [5.41, 5.74) is 3.29. The quantitative estimate of drug-likeness (QED) is 0.784. The first-order chi connectivity index (χ1) is 11.8. The summed E-state index contributed by atoms with van der Waals surface area (Å²) < 4.78 is 37.4. The second kappa shape index (κ2) is 7.33. The van der Waals surface area contributed by atoms with Gasteiger partial charge >= 0.3 is 6.18 Å². The number of halogens is 3. The van der Waals surface area contributed by atoms with Crippen molar-refractivity contribution in [2.45, 2.75) is 25.9 Å². The molecule has 0 bridgehead atoms. The monoisotopic (exact) mass is 369 g/mol. The highest BCUT2D eigenvalue weighted by Gasteiger charge is 2.32. The Bertz CT molecular complexity index is 686. The van der Waals surface area contributed by atoms with Crippen molar-refractivity contribution in [3.63, 3.8) is 0 Å². The van der Waals surface area contributed by atoms with Crippen molar-refractivity contribution in [2.75, 3.05) is 37.6 Å². The molecular weight excluding hydrogens is 347 g/mol. The molecular formula is C18H22F3N3S. The van der Waals surface area contributed by atoms with Gasteiger partial charge in [-0.3, -0.25) is 4.90 Å². The molecule has 1 aromatic carbocycles. The molecule has 3 nitrogen and oxygen atoms in total. The zero-order valence-electron chi connectivity index (χ0n) is 14.4. The Morgan fingerprint density at radius 3 is 2.28 bits per heavy atom. The third-order valence-corrected chi connectivity index (χ3v) is 5.31. The molecule has 136 valence electrons. The second-order valence-corrected chi connectivity index (χ2v) is 7.51. The summed E-state index contributed by atoms with van der Waals surface area (Å²) in [5, 5.41) is 2.90. The van der Waals surface area contributed by atoms with Crippen molar-refractivity contribution in [3.8, 4) is 11.3 Å². The second-order valence-electron chi connectivity index (χ2n) is 6.67. The highest BCUT2D eigenvalue weighted by molar-refractivity contribution is 7.14. The van der Waals surface area contributed by atoms with Gasteiger partial charge in [0.2, 0.25) is 0 Å². The Kier molecular flexibility index (Phi) is 5.34. The lowest BCUT2D eigenvalue weighted by Gasteiger charge is -2.34. The molecule has 0 unspecified atom stereocenters. The first kappa shape index (κ1) is 18.2. The first-order valence-electron chi connectivity index (χ1n) is 8.42. The van der Waals surface area contributed by atoms with E-state index >= 15 is 0 Å². The van der Waals surface area contributed by atoms with E-state index in [2.05, 4.69) is 48.0 Å². The van der Waals surface area contributed by atoms with Crippen LogP contribution in [0.15, 0.2) is 29.6 Å². The molecule has 25 heavy (non-hydrogen) atoms. The molecule has 0 N–H and O–H groups in total. The molecule has 2 aromatic rings. The molecule has 0 aliphatic carbocycles. The van der Waals surface area contributed by atoms with E-state index in [1.54, 1.807) is 11.3 Å². The van der Waals surface area contributed by atoms with Crippen LogP contribution in [0.5, 0.6) is 0 Å². The molecule has 0 radical (unpaired) electrons. The van der Waals surface area contributed by atoms with Crippen LogP contribution >= 0.6 is 11.3 Å². The number of hydrogen-bond donors (Lipinski definition) is 0. The van der Waals surface area contributed by atoms with Crippen LogP contribution < -0.4 is 4.90 Å². The largest absolute Gasteiger partial charge is 0.401 e. The summed E-state index contributed by atoms with van der Waals surface area (Å²) in [6.07, 6.45) is -4.13. The fraction of sp³-hybridized carbons (Fsp3) is 0.500. The third-order valence-electron chi connectivity index (χ3n) is 4.41. The Labute approximate surface area is 150 Å². The number of hydrogen-bond acceptors (Lipinski definition) is 4. The van der Waals surface area contributed by atoms with Gasteiger partial charge in [0.15, 0.2) is 5.13 Å². The summed E-state index contributed by atoms with van der Waals surface area (Å²) in [5.74, 6) is 0.494. The molecule has 1 aliphatic heterocycles. The highest BCUT2D eigenvalue weighted by atomic mass is 32.1. The molecule has 1 saturated heterocycles. The van der Waals surface area contributed by atoms with E-state index in [0.29, 0.717) is 32.1 Å². The van der Waals surface area contributed by atoms with Gasteiger partial charge in [-0.2, -0.15) is 13.2 Å². The van der Waals surface area contributed by atoms with Gasteiger partial charge in [-0.1, -0.05) is 38.1 Å². The average Bonchev–Trinajstić information content (AvgIpc) is 3.04. The number of nitrogens with zero attached hydrogens (tertiary/aromatic N) is 3. The lowest BCUT2D eigenvalue weighted by molar-refractivity contribution is -0.146. The van der Waals surface area contributed by atoms with Gasteiger partial charge in [-0.05, 0) is 11.5 Å². The topological polar surface area (TPSA) is 19.4 Å². The highest BCUT2D eigenvalue weighted by Crippen LogP contribution is 2.29. The summed E-state index contributed by atoms with van der Waals surface area (Å²) in [6.45, 7) is 5.48. The Morgan fingerprint density at radius 1 is 1.08 bits per heavy atom. The van der Waals surface area contributed by atoms with Crippen LogP contribution in [-0.2, 0) is 0 Å². The SMILES string of the molecule is CC(C)c1ccc(-c2csc(N3CCN(CC(F)(F)F)CC3)n2)cc1. The van der Waals surface area contributed by atoms with Gasteiger partial charge in [0.05, 0.1) is 12.2 Å². The summed E-state index contributed by atoms with van der Waals surface area (Å²) in [7, 11) is 0. The molecule has 2 heterocycles. The van der Waals surface area contributed by atoms with Gasteiger partial charge in [0.25, 0.3) is 0 Å². The van der Waals surface area contributed by atoms with Crippen molar-refractivity contribution < 1.29 is 13.2 Å². The summed E-state index contributed by atoms with van der Waals surface area (Å²) in [4.78, 5) is 8.21. The zero-order chi connectivity index (χ0) is 18.0. The zero-order valence-corrected chi connectivity index (χ0v) is 15.2. The number of piperazine rings is 1. The average molecular weight is 369 g/mol. The van der Waals surface area contributed by atoms with Crippen LogP contribution in [0.3, 0.4) is 0 Å². The van der Waals surface area contributed by atoms with E-state index in [9.17, 15) is 13.2 Å². The van der Waals surface area contributed by atoms with Crippen molar-refractivity contribution in [2.24, 2.45) is 0 Å². The maximum absolute atomic E-state index is 12.5. The normalized spacial score (nSPS) is 16.6. The smallest absolute Gasteiger partial charge is 0.346 e. The fourth-order valence-electron chi connectivity index (χ4n) is 2.93. The van der Waals surface area contributed by atoms with E-state index in [1.165, 1.54) is 10.5 Å². The summed E-state index contributed by atoms with van der Waals surface area (Å²) >= 11 is 1.55. The minimum absolute atomic E-state index is 0.414. The van der Waals surface area contributed by atoms with Crippen molar-refractivity contribution in [3.05, 3.63) is 35.2 Å². The number of aromatic nitrogens is 1. The predicted octanol–water partition coefficient (Wildman–Crippen LogP) is 4.62. The van der Waals surface area contributed by atoms with Gasteiger partial charge in [0.1, 0.15) is 0 Å². The van der Waals surface area contributed by atoms with Gasteiger partial charge in [0, 0.05) is 37.1 Å². The standard InChI is InChI=1S/C18H22F3N3S/c1-13(2)14-3-5-15(6-4-14)16-11-25-17(22-16)24-9-7-23(8-10-24)12-18(19,20)21/h3-6,11,13H,7-10,12H2,1-2H3. The van der Waals surface area contributed by atoms with Crippen LogP contribution in [0.4, 0.5) is 18.3 Å². The van der Waals surface area contributed by atoms with E-state index in [-0.39, 0.29) is 0 Å². The van der Waals surface area contributed by atoms with Crippen molar-refractivity contribution >= 4 is 16.5 Å². The molecule has 1 fully saturated rings. The van der Waals surface area contributed by atoms with Gasteiger partial charge in [-0.15, -0.1) is 11.3 Å². The lowest BCUT2D eigenvalue weighted by atomic mass is 10.0. The van der Waals surface area contributed by atoms with Crippen LogP contribution in [-0.4, -0.2) is 48.8 Å². The minimum atomic E-state index is -4.13. The maximum Gasteiger partial charge on any atom is 0.401 e. The molecule has 3 rings (SSSR count). The Morgan fingerprint density at radius 2 is 1.72 bits per heavy atom. The van der Waals surface area contributed by atoms with Gasteiger partial charge < -0.3 is 4.90 Å². The van der Waals surface area contributed by atoms with E-state index in [4.69, 9.17) is 0 Å². The van der Waals surface area contributed by atoms with E-state index in [1.807, 2.05) is 5.38 Å². The van der Waals surface area contributed by atoms with Crippen molar-refractivity contribution in [1.82, 2.24) is 9.88 Å². The molecule has 0 amide bonds. The third kappa shape index (κ3) is 4.73. The number of rotatable bonds is 4. The predicted molar refractivity (Wildman–Crippen MR) is 96.3 cm³/mol. The van der Waals surface area contributed by atoms with Gasteiger partial charge in [-0.25, -0.2) is 4.98 Å². The van der Waals surface area contributed by atoms with Crippen LogP contribution in [0.2, 0.25) is 0 Å². The van der Waals surface area contributed by atoms with Crippen molar-refractivity contribution in [1.29, 1.82) is 0 Å². The fourth-order valence-corrected chi connectivity index (χ4v) is 3.82. The number of alkyl halides is 3. The van der Waals surface area contributed by atoms with Crippen LogP contribution in [0, 0.1) is 0 Å². The minimum Gasteiger partial charge on any atom is -0.346 e. The molecule has 1 aromatic heterocycles. The van der Waals surface area contributed by atoms with E-state index < -0.39 is 12.7 Å². The number of anilines is 1. The molecule has 0 saturated carbocycles. The molecule has 0 atom stereocenters. The molecule has 0 spiro atoms. The number of thiazole rings is 1. The summed E-state index contributed by atoms with van der Waals surface area (Å²) in [6, 6.07) is 8.40. The number of benzene rings is 1.